The molecule has 2 heterocycles. The van der Waals surface area contributed by atoms with E-state index in [2.05, 4.69) is 10.2 Å². The number of furan rings is 1. The molecule has 1 aliphatic rings. The van der Waals surface area contributed by atoms with Crippen LogP contribution in [0.1, 0.15) is 12.5 Å². The summed E-state index contributed by atoms with van der Waals surface area (Å²) in [6.07, 6.45) is 3.37. The lowest BCUT2D eigenvalue weighted by Crippen LogP contribution is -2.40. The molecule has 17 heavy (non-hydrogen) atoms. The van der Waals surface area contributed by atoms with Crippen molar-refractivity contribution in [2.24, 2.45) is 5.92 Å². The molecular weight excluding hydrogens is 220 g/mol. The number of amides is 1. The second kappa shape index (κ2) is 5.33. The summed E-state index contributed by atoms with van der Waals surface area (Å²) in [5.74, 6) is 0.0735. The summed E-state index contributed by atoms with van der Waals surface area (Å²) in [6.45, 7) is 3.98. The van der Waals surface area contributed by atoms with Crippen molar-refractivity contribution in [3.63, 3.8) is 0 Å². The van der Waals surface area contributed by atoms with Crippen LogP contribution in [-0.2, 0) is 11.3 Å². The van der Waals surface area contributed by atoms with Crippen LogP contribution in [0.2, 0.25) is 0 Å². The largest absolute Gasteiger partial charge is 0.472 e. The van der Waals surface area contributed by atoms with Crippen LogP contribution < -0.4 is 5.32 Å². The molecule has 5 nitrogen and oxygen atoms in total. The summed E-state index contributed by atoms with van der Waals surface area (Å²) >= 11 is 0. The molecule has 0 spiro atoms. The van der Waals surface area contributed by atoms with E-state index in [-0.39, 0.29) is 24.5 Å². The van der Waals surface area contributed by atoms with Gasteiger partial charge >= 0.3 is 0 Å². The van der Waals surface area contributed by atoms with Crippen LogP contribution in [0.4, 0.5) is 0 Å². The number of aliphatic hydroxyl groups is 1. The Kier molecular flexibility index (Phi) is 3.81. The van der Waals surface area contributed by atoms with Crippen LogP contribution in [0.3, 0.4) is 0 Å². The number of carbonyl (C=O) groups excluding carboxylic acids is 1. The molecule has 0 saturated carbocycles. The quantitative estimate of drug-likeness (QED) is 0.787. The zero-order chi connectivity index (χ0) is 12.3. The highest BCUT2D eigenvalue weighted by atomic mass is 16.3. The molecular formula is C12H18N2O3. The van der Waals surface area contributed by atoms with Gasteiger partial charge in [-0.25, -0.2) is 0 Å². The molecule has 0 bridgehead atoms. The fraction of sp³-hybridized carbons (Fsp3) is 0.583. The molecule has 0 aliphatic carbocycles. The Morgan fingerprint density at radius 3 is 3.06 bits per heavy atom. The third-order valence-corrected chi connectivity index (χ3v) is 3.13. The molecule has 1 aromatic heterocycles. The highest BCUT2D eigenvalue weighted by Crippen LogP contribution is 2.19. The average molecular weight is 238 g/mol. The second-order valence-electron chi connectivity index (χ2n) is 4.58. The Morgan fingerprint density at radius 1 is 1.65 bits per heavy atom. The van der Waals surface area contributed by atoms with Crippen LogP contribution in [0.5, 0.6) is 0 Å². The molecule has 1 amide bonds. The lowest BCUT2D eigenvalue weighted by molar-refractivity contribution is -0.119. The average Bonchev–Trinajstić information content (AvgIpc) is 2.88. The lowest BCUT2D eigenvalue weighted by atomic mass is 10.1. The number of aliphatic hydroxyl groups excluding tert-OH is 1. The molecule has 2 rings (SSSR count). The van der Waals surface area contributed by atoms with Crippen LogP contribution in [0.25, 0.3) is 0 Å². The van der Waals surface area contributed by atoms with Gasteiger partial charge in [-0.1, -0.05) is 0 Å². The van der Waals surface area contributed by atoms with Crippen molar-refractivity contribution in [3.05, 3.63) is 24.2 Å². The van der Waals surface area contributed by atoms with Crippen molar-refractivity contribution in [3.8, 4) is 0 Å². The van der Waals surface area contributed by atoms with Gasteiger partial charge < -0.3 is 14.8 Å². The van der Waals surface area contributed by atoms with E-state index < -0.39 is 0 Å². The number of rotatable bonds is 4. The number of carbonyl (C=O) groups is 1. The number of nitrogens with one attached hydrogen (secondary N) is 1. The number of nitrogens with zero attached hydrogens (tertiary/aromatic N) is 1. The lowest BCUT2D eigenvalue weighted by Gasteiger charge is -2.16. The molecule has 5 heteroatoms. The van der Waals surface area contributed by atoms with Gasteiger partial charge in [-0.05, 0) is 6.07 Å². The molecule has 94 valence electrons. The van der Waals surface area contributed by atoms with Crippen molar-refractivity contribution in [2.45, 2.75) is 19.5 Å². The van der Waals surface area contributed by atoms with E-state index in [1.54, 1.807) is 12.5 Å². The van der Waals surface area contributed by atoms with Gasteiger partial charge in [0, 0.05) is 50.7 Å². The molecule has 0 unspecified atom stereocenters. The summed E-state index contributed by atoms with van der Waals surface area (Å²) in [6, 6.07) is 1.98. The Bertz CT molecular complexity index is 364. The molecule has 1 saturated heterocycles. The van der Waals surface area contributed by atoms with Crippen molar-refractivity contribution >= 4 is 5.91 Å². The second-order valence-corrected chi connectivity index (χ2v) is 4.58. The molecule has 2 atom stereocenters. The maximum Gasteiger partial charge on any atom is 0.217 e. The first-order chi connectivity index (χ1) is 8.19. The van der Waals surface area contributed by atoms with Crippen molar-refractivity contribution in [1.82, 2.24) is 10.2 Å². The van der Waals surface area contributed by atoms with Crippen LogP contribution >= 0.6 is 0 Å². The van der Waals surface area contributed by atoms with E-state index in [0.717, 1.165) is 25.2 Å². The molecule has 0 aromatic carbocycles. The SMILES string of the molecule is CC(=O)N[C@@H]1CN(Cc2ccoc2)C[C@H]1CO. The maximum atomic E-state index is 11.1. The van der Waals surface area contributed by atoms with Gasteiger partial charge in [-0.15, -0.1) is 0 Å². The van der Waals surface area contributed by atoms with Crippen molar-refractivity contribution in [2.75, 3.05) is 19.7 Å². The summed E-state index contributed by atoms with van der Waals surface area (Å²) in [4.78, 5) is 13.3. The smallest absolute Gasteiger partial charge is 0.217 e. The topological polar surface area (TPSA) is 65.7 Å². The fourth-order valence-electron chi connectivity index (χ4n) is 2.34. The molecule has 0 radical (unpaired) electrons. The zero-order valence-corrected chi connectivity index (χ0v) is 9.93. The Labute approximate surface area is 100 Å². The van der Waals surface area contributed by atoms with Gasteiger partial charge in [0.25, 0.3) is 0 Å². The molecule has 1 fully saturated rings. The highest BCUT2D eigenvalue weighted by Gasteiger charge is 2.32. The minimum absolute atomic E-state index is 0.0430. The summed E-state index contributed by atoms with van der Waals surface area (Å²) in [7, 11) is 0. The first kappa shape index (κ1) is 12.1. The predicted molar refractivity (Wildman–Crippen MR) is 62.2 cm³/mol. The molecule has 1 aliphatic heterocycles. The summed E-state index contributed by atoms with van der Waals surface area (Å²) in [5.41, 5.74) is 1.12. The van der Waals surface area contributed by atoms with Crippen molar-refractivity contribution < 1.29 is 14.3 Å². The fourth-order valence-corrected chi connectivity index (χ4v) is 2.34. The third kappa shape index (κ3) is 3.08. The van der Waals surface area contributed by atoms with Gasteiger partial charge in [-0.2, -0.15) is 0 Å². The van der Waals surface area contributed by atoms with Gasteiger partial charge in [0.1, 0.15) is 0 Å². The van der Waals surface area contributed by atoms with Crippen LogP contribution in [-0.4, -0.2) is 41.7 Å². The van der Waals surface area contributed by atoms with E-state index in [1.807, 2.05) is 6.07 Å². The number of hydrogen-bond acceptors (Lipinski definition) is 4. The van der Waals surface area contributed by atoms with Crippen LogP contribution in [0.15, 0.2) is 23.0 Å². The van der Waals surface area contributed by atoms with E-state index >= 15 is 0 Å². The summed E-state index contributed by atoms with van der Waals surface area (Å²) in [5, 5.41) is 12.2. The summed E-state index contributed by atoms with van der Waals surface area (Å²) < 4.78 is 5.02. The van der Waals surface area contributed by atoms with E-state index in [1.165, 1.54) is 6.92 Å². The molecule has 2 N–H and O–H groups in total. The zero-order valence-electron chi connectivity index (χ0n) is 9.93. The van der Waals surface area contributed by atoms with Gasteiger partial charge in [0.05, 0.1) is 12.5 Å². The minimum Gasteiger partial charge on any atom is -0.472 e. The first-order valence-electron chi connectivity index (χ1n) is 5.80. The Hall–Kier alpha value is -1.33. The van der Waals surface area contributed by atoms with E-state index in [9.17, 15) is 9.90 Å². The monoisotopic (exact) mass is 238 g/mol. The third-order valence-electron chi connectivity index (χ3n) is 3.13. The normalized spacial score (nSPS) is 25.1. The highest BCUT2D eigenvalue weighted by molar-refractivity contribution is 5.73. The first-order valence-corrected chi connectivity index (χ1v) is 5.80. The molecule has 1 aromatic rings. The van der Waals surface area contributed by atoms with Gasteiger partial charge in [0.15, 0.2) is 0 Å². The number of hydrogen-bond donors (Lipinski definition) is 2. The van der Waals surface area contributed by atoms with E-state index in [0.29, 0.717) is 0 Å². The van der Waals surface area contributed by atoms with E-state index in [4.69, 9.17) is 4.42 Å². The maximum absolute atomic E-state index is 11.1. The van der Waals surface area contributed by atoms with Gasteiger partial charge in [0.2, 0.25) is 5.91 Å². The Balaban J connectivity index is 1.92. The Morgan fingerprint density at radius 2 is 2.47 bits per heavy atom. The van der Waals surface area contributed by atoms with Gasteiger partial charge in [-0.3, -0.25) is 9.69 Å². The predicted octanol–water partition coefficient (Wildman–Crippen LogP) is 0.208. The number of likely N-dealkylation sites (tertiary alicyclic amines) is 1. The standard InChI is InChI=1S/C12H18N2O3/c1-9(16)13-12-6-14(5-11(12)7-15)4-10-2-3-17-8-10/h2-3,8,11-12,15H,4-7H2,1H3,(H,13,16)/t11-,12+/m0/s1. The van der Waals surface area contributed by atoms with Crippen LogP contribution in [0, 0.1) is 5.92 Å². The minimum atomic E-state index is -0.0430. The van der Waals surface area contributed by atoms with Crippen molar-refractivity contribution in [1.29, 1.82) is 0 Å².